The van der Waals surface area contributed by atoms with Crippen molar-refractivity contribution in [1.29, 1.82) is 0 Å². The van der Waals surface area contributed by atoms with Gasteiger partial charge in [0.05, 0.1) is 26.3 Å². The van der Waals surface area contributed by atoms with Crippen LogP contribution in [0.25, 0.3) is 11.0 Å². The third-order valence-electron chi connectivity index (χ3n) is 6.00. The first-order chi connectivity index (χ1) is 14.1. The molecular weight excluding hydrogens is 370 g/mol. The van der Waals surface area contributed by atoms with E-state index >= 15 is 0 Å². The molecule has 1 aromatic carbocycles. The maximum atomic E-state index is 12.8. The van der Waals surface area contributed by atoms with Crippen LogP contribution in [0.5, 0.6) is 5.75 Å². The molecule has 3 heterocycles. The number of rotatable bonds is 5. The van der Waals surface area contributed by atoms with Crippen molar-refractivity contribution in [2.24, 2.45) is 0 Å². The van der Waals surface area contributed by atoms with Gasteiger partial charge in [-0.2, -0.15) is 0 Å². The van der Waals surface area contributed by atoms with Crippen LogP contribution in [0.1, 0.15) is 24.8 Å². The number of fused-ring (bicyclic) bond motifs is 1. The summed E-state index contributed by atoms with van der Waals surface area (Å²) in [4.78, 5) is 31.3. The number of furan rings is 1. The summed E-state index contributed by atoms with van der Waals surface area (Å²) >= 11 is 0. The molecular formula is C22H29N3O4. The summed E-state index contributed by atoms with van der Waals surface area (Å²) in [7, 11) is 1.62. The molecule has 2 fully saturated rings. The van der Waals surface area contributed by atoms with Gasteiger partial charge in [-0.05, 0) is 31.4 Å². The van der Waals surface area contributed by atoms with Crippen molar-refractivity contribution in [2.75, 3.05) is 52.9 Å². The smallest absolute Gasteiger partial charge is 0.236 e. The van der Waals surface area contributed by atoms with E-state index in [9.17, 15) is 9.59 Å². The molecule has 156 valence electrons. The Bertz CT molecular complexity index is 864. The minimum absolute atomic E-state index is 0.102. The van der Waals surface area contributed by atoms with Gasteiger partial charge in [0.25, 0.3) is 0 Å². The molecule has 7 heteroatoms. The Kier molecular flexibility index (Phi) is 6.04. The molecule has 0 N–H and O–H groups in total. The Hall–Kier alpha value is -2.54. The molecule has 0 saturated carbocycles. The average Bonchev–Trinajstić information content (AvgIpc) is 3.16. The molecule has 29 heavy (non-hydrogen) atoms. The van der Waals surface area contributed by atoms with Gasteiger partial charge in [-0.15, -0.1) is 0 Å². The normalized spacial score (nSPS) is 18.2. The molecule has 0 unspecified atom stereocenters. The van der Waals surface area contributed by atoms with Gasteiger partial charge < -0.3 is 19.0 Å². The second kappa shape index (κ2) is 8.86. The minimum Gasteiger partial charge on any atom is -0.497 e. The van der Waals surface area contributed by atoms with E-state index in [1.165, 1.54) is 6.42 Å². The summed E-state index contributed by atoms with van der Waals surface area (Å²) in [5.74, 6) is 1.07. The van der Waals surface area contributed by atoms with Crippen LogP contribution >= 0.6 is 0 Å². The van der Waals surface area contributed by atoms with Crippen LogP contribution in [0.3, 0.4) is 0 Å². The van der Waals surface area contributed by atoms with Crippen LogP contribution in [-0.2, 0) is 16.0 Å². The number of likely N-dealkylation sites (tertiary alicyclic amines) is 1. The van der Waals surface area contributed by atoms with Crippen LogP contribution < -0.4 is 4.74 Å². The number of piperidine rings is 1. The Labute approximate surface area is 171 Å². The lowest BCUT2D eigenvalue weighted by atomic mass is 10.1. The van der Waals surface area contributed by atoms with Crippen LogP contribution in [0.15, 0.2) is 28.9 Å². The predicted molar refractivity (Wildman–Crippen MR) is 110 cm³/mol. The monoisotopic (exact) mass is 399 g/mol. The first-order valence-corrected chi connectivity index (χ1v) is 10.5. The fraction of sp³-hybridized carbons (Fsp3) is 0.545. The summed E-state index contributed by atoms with van der Waals surface area (Å²) in [6.07, 6.45) is 5.44. The van der Waals surface area contributed by atoms with Gasteiger partial charge in [-0.1, -0.05) is 0 Å². The van der Waals surface area contributed by atoms with E-state index in [1.54, 1.807) is 13.4 Å². The predicted octanol–water partition coefficient (Wildman–Crippen LogP) is 2.14. The van der Waals surface area contributed by atoms with E-state index in [4.69, 9.17) is 9.15 Å². The van der Waals surface area contributed by atoms with Crippen molar-refractivity contribution in [3.05, 3.63) is 30.0 Å². The molecule has 0 aliphatic carbocycles. The molecule has 0 spiro atoms. The highest BCUT2D eigenvalue weighted by Gasteiger charge is 2.25. The average molecular weight is 399 g/mol. The molecule has 2 aromatic rings. The number of carbonyl (C=O) groups is 2. The Balaban J connectivity index is 1.28. The van der Waals surface area contributed by atoms with Crippen molar-refractivity contribution < 1.29 is 18.7 Å². The Morgan fingerprint density at radius 2 is 1.69 bits per heavy atom. The van der Waals surface area contributed by atoms with E-state index in [0.29, 0.717) is 26.1 Å². The number of methoxy groups -OCH3 is 1. The largest absolute Gasteiger partial charge is 0.497 e. The highest BCUT2D eigenvalue weighted by atomic mass is 16.5. The van der Waals surface area contributed by atoms with Gasteiger partial charge >= 0.3 is 0 Å². The first-order valence-electron chi connectivity index (χ1n) is 10.5. The van der Waals surface area contributed by atoms with Crippen molar-refractivity contribution in [3.8, 4) is 5.75 Å². The Morgan fingerprint density at radius 1 is 0.966 bits per heavy atom. The maximum Gasteiger partial charge on any atom is 0.236 e. The van der Waals surface area contributed by atoms with Crippen LogP contribution in [0.4, 0.5) is 0 Å². The topological polar surface area (TPSA) is 66.2 Å². The van der Waals surface area contributed by atoms with Gasteiger partial charge in [-0.3, -0.25) is 14.5 Å². The van der Waals surface area contributed by atoms with E-state index in [2.05, 4.69) is 4.90 Å². The highest BCUT2D eigenvalue weighted by molar-refractivity contribution is 5.88. The van der Waals surface area contributed by atoms with Crippen LogP contribution in [-0.4, -0.2) is 79.4 Å². The van der Waals surface area contributed by atoms with Gasteiger partial charge in [0.1, 0.15) is 11.3 Å². The quantitative estimate of drug-likeness (QED) is 0.771. The van der Waals surface area contributed by atoms with Crippen molar-refractivity contribution in [3.63, 3.8) is 0 Å². The van der Waals surface area contributed by atoms with Crippen molar-refractivity contribution in [2.45, 2.75) is 25.7 Å². The molecule has 7 nitrogen and oxygen atoms in total. The fourth-order valence-electron chi connectivity index (χ4n) is 4.19. The Morgan fingerprint density at radius 3 is 2.41 bits per heavy atom. The van der Waals surface area contributed by atoms with Gasteiger partial charge in [0.2, 0.25) is 11.8 Å². The summed E-state index contributed by atoms with van der Waals surface area (Å²) in [5.41, 5.74) is 1.63. The molecule has 2 saturated heterocycles. The number of carbonyl (C=O) groups excluding carboxylic acids is 2. The maximum absolute atomic E-state index is 12.8. The summed E-state index contributed by atoms with van der Waals surface area (Å²) in [6.45, 7) is 5.06. The lowest BCUT2D eigenvalue weighted by Gasteiger charge is -2.36. The molecule has 2 aliphatic rings. The minimum atomic E-state index is 0.102. The number of hydrogen-bond acceptors (Lipinski definition) is 5. The number of ether oxygens (including phenoxy) is 1. The lowest BCUT2D eigenvalue weighted by Crippen LogP contribution is -2.52. The zero-order valence-corrected chi connectivity index (χ0v) is 17.1. The van der Waals surface area contributed by atoms with Crippen LogP contribution in [0, 0.1) is 0 Å². The van der Waals surface area contributed by atoms with E-state index in [1.807, 2.05) is 28.0 Å². The number of nitrogens with zero attached hydrogens (tertiary/aromatic N) is 3. The standard InChI is InChI=1S/C22H29N3O4/c1-28-18-5-6-19-17(16-29-20(19)14-18)13-21(26)25-11-9-23(10-12-25)15-22(27)24-7-3-2-4-8-24/h5-6,14,16H,2-4,7-13,15H2,1H3. The fourth-order valence-corrected chi connectivity index (χ4v) is 4.19. The third kappa shape index (κ3) is 4.56. The molecule has 1 aromatic heterocycles. The SMILES string of the molecule is COc1ccc2c(CC(=O)N3CCN(CC(=O)N4CCCCC4)CC3)coc2c1. The summed E-state index contributed by atoms with van der Waals surface area (Å²) in [5, 5.41) is 0.949. The zero-order valence-electron chi connectivity index (χ0n) is 17.1. The van der Waals surface area contributed by atoms with E-state index < -0.39 is 0 Å². The number of amides is 2. The van der Waals surface area contributed by atoms with E-state index in [-0.39, 0.29) is 11.8 Å². The lowest BCUT2D eigenvalue weighted by molar-refractivity contribution is -0.135. The van der Waals surface area contributed by atoms with Crippen LogP contribution in [0.2, 0.25) is 0 Å². The van der Waals surface area contributed by atoms with Crippen molar-refractivity contribution >= 4 is 22.8 Å². The van der Waals surface area contributed by atoms with Gasteiger partial charge in [-0.25, -0.2) is 0 Å². The summed E-state index contributed by atoms with van der Waals surface area (Å²) < 4.78 is 10.8. The number of benzene rings is 1. The summed E-state index contributed by atoms with van der Waals surface area (Å²) in [6, 6.07) is 5.65. The van der Waals surface area contributed by atoms with Gasteiger partial charge in [0, 0.05) is 56.3 Å². The molecule has 4 rings (SSSR count). The van der Waals surface area contributed by atoms with Gasteiger partial charge in [0.15, 0.2) is 0 Å². The second-order valence-corrected chi connectivity index (χ2v) is 7.90. The molecule has 0 atom stereocenters. The first kappa shape index (κ1) is 19.8. The zero-order chi connectivity index (χ0) is 20.2. The molecule has 2 aliphatic heterocycles. The number of hydrogen-bond donors (Lipinski definition) is 0. The van der Waals surface area contributed by atoms with Crippen molar-refractivity contribution in [1.82, 2.24) is 14.7 Å². The molecule has 2 amide bonds. The highest BCUT2D eigenvalue weighted by Crippen LogP contribution is 2.26. The second-order valence-electron chi connectivity index (χ2n) is 7.90. The molecule has 0 bridgehead atoms. The third-order valence-corrected chi connectivity index (χ3v) is 6.00. The van der Waals surface area contributed by atoms with E-state index in [0.717, 1.165) is 61.3 Å². The molecule has 0 radical (unpaired) electrons. The number of piperazine rings is 1.